The van der Waals surface area contributed by atoms with Crippen LogP contribution in [0.25, 0.3) is 5.70 Å². The number of benzene rings is 2. The fourth-order valence-corrected chi connectivity index (χ4v) is 3.37. The van der Waals surface area contributed by atoms with E-state index in [0.717, 1.165) is 5.36 Å². The second-order valence-electron chi connectivity index (χ2n) is 6.10. The summed E-state index contributed by atoms with van der Waals surface area (Å²) in [6.45, 7) is 4.40. The first kappa shape index (κ1) is 12.6. The molecular formula is C19H20N2. The van der Waals surface area contributed by atoms with Crippen LogP contribution in [0.4, 0.5) is 5.69 Å². The highest BCUT2D eigenvalue weighted by Gasteiger charge is 2.35. The van der Waals surface area contributed by atoms with Crippen LogP contribution >= 0.6 is 0 Å². The molecule has 1 saturated carbocycles. The van der Waals surface area contributed by atoms with Gasteiger partial charge in [-0.05, 0) is 50.5 Å². The lowest BCUT2D eigenvalue weighted by Crippen LogP contribution is -2.46. The van der Waals surface area contributed by atoms with Gasteiger partial charge in [-0.25, -0.2) is 0 Å². The van der Waals surface area contributed by atoms with Crippen LogP contribution in [0.3, 0.4) is 0 Å². The molecular weight excluding hydrogens is 256 g/mol. The second kappa shape index (κ2) is 4.73. The Morgan fingerprint density at radius 2 is 1.76 bits per heavy atom. The minimum Gasteiger partial charge on any atom is -0.322 e. The molecule has 2 aliphatic rings. The van der Waals surface area contributed by atoms with Crippen LogP contribution in [0.1, 0.15) is 25.3 Å². The molecule has 0 saturated heterocycles. The van der Waals surface area contributed by atoms with Gasteiger partial charge < -0.3 is 4.90 Å². The Kier molecular flexibility index (Phi) is 2.85. The highest BCUT2D eigenvalue weighted by Crippen LogP contribution is 2.41. The van der Waals surface area contributed by atoms with Crippen LogP contribution in [-0.2, 0) is 0 Å². The lowest BCUT2D eigenvalue weighted by atomic mass is 10.0. The largest absolute Gasteiger partial charge is 0.322 e. The van der Waals surface area contributed by atoms with E-state index >= 15 is 0 Å². The molecule has 0 N–H and O–H groups in total. The predicted octanol–water partition coefficient (Wildman–Crippen LogP) is 3.00. The van der Waals surface area contributed by atoms with Crippen molar-refractivity contribution in [3.05, 3.63) is 64.7 Å². The lowest BCUT2D eigenvalue weighted by Gasteiger charge is -2.34. The molecule has 21 heavy (non-hydrogen) atoms. The lowest BCUT2D eigenvalue weighted by molar-refractivity contribution is 0.697. The molecule has 0 spiro atoms. The molecule has 106 valence electrons. The standard InChI is InChI=1S/C19H20N2/c1-13-7-6-10-17-18(13)19(15-11-12-15)21(14(2)20-17)16-8-4-3-5-9-16/h3-10,14-15H,11-12H2,1-2H3. The maximum Gasteiger partial charge on any atom is 0.123 e. The highest BCUT2D eigenvalue weighted by atomic mass is 15.3. The van der Waals surface area contributed by atoms with Gasteiger partial charge in [0.15, 0.2) is 0 Å². The normalized spacial score (nSPS) is 21.0. The van der Waals surface area contributed by atoms with Gasteiger partial charge in [0.05, 0.1) is 5.36 Å². The van der Waals surface area contributed by atoms with Crippen molar-refractivity contribution in [2.45, 2.75) is 32.9 Å². The van der Waals surface area contributed by atoms with E-state index in [1.165, 1.54) is 35.0 Å². The summed E-state index contributed by atoms with van der Waals surface area (Å²) in [6, 6.07) is 17.2. The van der Waals surface area contributed by atoms with E-state index in [1.807, 2.05) is 0 Å². The Labute approximate surface area is 125 Å². The van der Waals surface area contributed by atoms with Gasteiger partial charge in [0.25, 0.3) is 0 Å². The van der Waals surface area contributed by atoms with Crippen molar-refractivity contribution >= 4 is 11.4 Å². The Balaban J connectivity index is 2.03. The van der Waals surface area contributed by atoms with E-state index in [-0.39, 0.29) is 6.17 Å². The molecule has 1 unspecified atom stereocenters. The average molecular weight is 276 g/mol. The van der Waals surface area contributed by atoms with E-state index in [9.17, 15) is 0 Å². The second-order valence-corrected chi connectivity index (χ2v) is 6.10. The van der Waals surface area contributed by atoms with Crippen molar-refractivity contribution in [3.8, 4) is 0 Å². The van der Waals surface area contributed by atoms with E-state index < -0.39 is 0 Å². The van der Waals surface area contributed by atoms with Gasteiger partial charge in [0, 0.05) is 22.5 Å². The number of anilines is 1. The number of fused-ring (bicyclic) bond motifs is 1. The van der Waals surface area contributed by atoms with E-state index in [4.69, 9.17) is 4.99 Å². The van der Waals surface area contributed by atoms with Crippen molar-refractivity contribution in [1.29, 1.82) is 0 Å². The van der Waals surface area contributed by atoms with Crippen molar-refractivity contribution in [3.63, 3.8) is 0 Å². The fraction of sp³-hybridized carbons (Fsp3) is 0.316. The van der Waals surface area contributed by atoms with Crippen LogP contribution < -0.4 is 15.5 Å². The van der Waals surface area contributed by atoms with Crippen molar-refractivity contribution < 1.29 is 0 Å². The average Bonchev–Trinajstić information content (AvgIpc) is 3.31. The number of nitrogens with zero attached hydrogens (tertiary/aromatic N) is 2. The van der Waals surface area contributed by atoms with Crippen molar-refractivity contribution in [2.75, 3.05) is 4.90 Å². The summed E-state index contributed by atoms with van der Waals surface area (Å²) in [7, 11) is 0. The topological polar surface area (TPSA) is 15.6 Å². The Morgan fingerprint density at radius 1 is 1.00 bits per heavy atom. The molecule has 0 aromatic heterocycles. The molecule has 1 fully saturated rings. The van der Waals surface area contributed by atoms with Crippen molar-refractivity contribution in [2.24, 2.45) is 10.9 Å². The molecule has 2 aromatic carbocycles. The third kappa shape index (κ3) is 2.06. The number of aryl methyl sites for hydroxylation is 1. The summed E-state index contributed by atoms with van der Waals surface area (Å²) in [5, 5.41) is 2.53. The third-order valence-corrected chi connectivity index (χ3v) is 4.46. The van der Waals surface area contributed by atoms with Crippen LogP contribution in [0.2, 0.25) is 0 Å². The quantitative estimate of drug-likeness (QED) is 0.823. The number of rotatable bonds is 2. The van der Waals surface area contributed by atoms with E-state index in [2.05, 4.69) is 67.3 Å². The Morgan fingerprint density at radius 3 is 2.48 bits per heavy atom. The first-order chi connectivity index (χ1) is 10.3. The predicted molar refractivity (Wildman–Crippen MR) is 86.5 cm³/mol. The number of para-hydroxylation sites is 1. The highest BCUT2D eigenvalue weighted by molar-refractivity contribution is 5.72. The minimum absolute atomic E-state index is 0.164. The van der Waals surface area contributed by atoms with Gasteiger partial charge in [-0.2, -0.15) is 0 Å². The molecule has 2 aromatic rings. The Hall–Kier alpha value is -2.09. The zero-order valence-corrected chi connectivity index (χ0v) is 12.6. The van der Waals surface area contributed by atoms with Gasteiger partial charge in [-0.15, -0.1) is 0 Å². The van der Waals surface area contributed by atoms with Crippen LogP contribution in [0.5, 0.6) is 0 Å². The molecule has 2 heteroatoms. The molecule has 1 aliphatic carbocycles. The van der Waals surface area contributed by atoms with Crippen LogP contribution in [0.15, 0.2) is 53.5 Å². The van der Waals surface area contributed by atoms with Gasteiger partial charge in [0.2, 0.25) is 0 Å². The summed E-state index contributed by atoms with van der Waals surface area (Å²) in [4.78, 5) is 7.37. The summed E-state index contributed by atoms with van der Waals surface area (Å²) in [5.74, 6) is 0.697. The van der Waals surface area contributed by atoms with Crippen LogP contribution in [-0.4, -0.2) is 6.17 Å². The summed E-state index contributed by atoms with van der Waals surface area (Å²) in [5.41, 5.74) is 4.08. The first-order valence-electron chi connectivity index (χ1n) is 7.77. The molecule has 1 aliphatic heterocycles. The monoisotopic (exact) mass is 276 g/mol. The SMILES string of the molecule is Cc1cccc2c1=C(C1CC1)N(c1ccccc1)C(C)N=2. The third-order valence-electron chi connectivity index (χ3n) is 4.46. The minimum atomic E-state index is 0.164. The zero-order chi connectivity index (χ0) is 14.4. The van der Waals surface area contributed by atoms with Gasteiger partial charge in [-0.1, -0.05) is 30.3 Å². The zero-order valence-electron chi connectivity index (χ0n) is 12.6. The van der Waals surface area contributed by atoms with Gasteiger partial charge in [0.1, 0.15) is 6.17 Å². The maximum atomic E-state index is 4.93. The maximum absolute atomic E-state index is 4.93. The molecule has 0 amide bonds. The first-order valence-corrected chi connectivity index (χ1v) is 7.77. The molecule has 2 nitrogen and oxygen atoms in total. The molecule has 0 bridgehead atoms. The van der Waals surface area contributed by atoms with E-state index in [0.29, 0.717) is 5.92 Å². The Bertz CT molecular complexity index is 788. The number of hydrogen-bond donors (Lipinski definition) is 0. The number of hydrogen-bond acceptors (Lipinski definition) is 2. The summed E-state index contributed by atoms with van der Waals surface area (Å²) in [6.07, 6.45) is 2.77. The fourth-order valence-electron chi connectivity index (χ4n) is 3.37. The molecule has 0 radical (unpaired) electrons. The van der Waals surface area contributed by atoms with Gasteiger partial charge >= 0.3 is 0 Å². The van der Waals surface area contributed by atoms with E-state index in [1.54, 1.807) is 0 Å². The van der Waals surface area contributed by atoms with Crippen molar-refractivity contribution in [1.82, 2.24) is 0 Å². The molecule has 1 heterocycles. The summed E-state index contributed by atoms with van der Waals surface area (Å²) < 4.78 is 0. The molecule has 1 atom stereocenters. The smallest absolute Gasteiger partial charge is 0.123 e. The summed E-state index contributed by atoms with van der Waals surface area (Å²) >= 11 is 0. The van der Waals surface area contributed by atoms with Crippen LogP contribution in [0, 0.1) is 12.8 Å². The molecule has 4 rings (SSSR count). The van der Waals surface area contributed by atoms with Gasteiger partial charge in [-0.3, -0.25) is 4.99 Å².